The minimum absolute atomic E-state index is 0. The molecule has 1 aromatic rings. The first-order chi connectivity index (χ1) is 9.93. The lowest BCUT2D eigenvalue weighted by molar-refractivity contribution is 0.344. The Labute approximate surface area is 149 Å². The van der Waals surface area contributed by atoms with E-state index in [1.165, 1.54) is 10.6 Å². The maximum Gasteiger partial charge on any atom is 0.211 e. The van der Waals surface area contributed by atoms with E-state index in [1.807, 2.05) is 6.07 Å². The molecule has 0 amide bonds. The molecule has 1 aliphatic heterocycles. The number of nitrogens with zero attached hydrogens (tertiary/aromatic N) is 4. The molecule has 1 aromatic heterocycles. The molecule has 0 spiro atoms. The molecule has 2 aliphatic rings. The lowest BCUT2D eigenvalue weighted by atomic mass is 9.78. The molecule has 2 fully saturated rings. The molecule has 1 saturated carbocycles. The fraction of sp³-hybridized carbons (Fsp3) is 0.692. The number of sulfonamides is 1. The molecule has 0 unspecified atom stereocenters. The third kappa shape index (κ3) is 4.67. The molecule has 23 heavy (non-hydrogen) atoms. The summed E-state index contributed by atoms with van der Waals surface area (Å²) in [5.74, 6) is 1.33. The first kappa shape index (κ1) is 20.4. The average molecular weight is 384 g/mol. The Hall–Kier alpha value is -0.670. The second-order valence-electron chi connectivity index (χ2n) is 5.88. The van der Waals surface area contributed by atoms with Crippen LogP contribution in [0.2, 0.25) is 0 Å². The molecule has 2 heterocycles. The first-order valence-electron chi connectivity index (χ1n) is 7.21. The van der Waals surface area contributed by atoms with Crippen molar-refractivity contribution in [1.82, 2.24) is 14.3 Å². The molecule has 1 aliphatic carbocycles. The predicted octanol–water partition coefficient (Wildman–Crippen LogP) is 0.606. The quantitative estimate of drug-likeness (QED) is 0.821. The molecule has 0 radical (unpaired) electrons. The molecule has 0 atom stereocenters. The second kappa shape index (κ2) is 7.94. The van der Waals surface area contributed by atoms with Gasteiger partial charge in [0.05, 0.1) is 6.26 Å². The summed E-state index contributed by atoms with van der Waals surface area (Å²) in [6.45, 7) is 2.33. The molecule has 7 nitrogen and oxygen atoms in total. The van der Waals surface area contributed by atoms with E-state index in [0.29, 0.717) is 38.1 Å². The van der Waals surface area contributed by atoms with Crippen LogP contribution >= 0.6 is 24.8 Å². The Bertz CT molecular complexity index is 617. The number of nitrogens with two attached hydrogens (primary N) is 1. The molecular weight excluding hydrogens is 361 g/mol. The fourth-order valence-corrected chi connectivity index (χ4v) is 3.74. The highest BCUT2D eigenvalue weighted by Crippen LogP contribution is 2.35. The molecule has 132 valence electrons. The Balaban J connectivity index is 0.00000132. The van der Waals surface area contributed by atoms with Crippen LogP contribution in [0.3, 0.4) is 0 Å². The van der Waals surface area contributed by atoms with Gasteiger partial charge in [-0.1, -0.05) is 0 Å². The summed E-state index contributed by atoms with van der Waals surface area (Å²) in [6, 6.07) is 2.32. The van der Waals surface area contributed by atoms with Crippen molar-refractivity contribution in [3.63, 3.8) is 0 Å². The van der Waals surface area contributed by atoms with E-state index in [0.717, 1.165) is 24.4 Å². The van der Waals surface area contributed by atoms with E-state index >= 15 is 0 Å². The van der Waals surface area contributed by atoms with Crippen LogP contribution in [0, 0.1) is 0 Å². The summed E-state index contributed by atoms with van der Waals surface area (Å²) in [5.41, 5.74) is 6.88. The Morgan fingerprint density at radius 1 is 1.13 bits per heavy atom. The van der Waals surface area contributed by atoms with Crippen LogP contribution < -0.4 is 10.6 Å². The van der Waals surface area contributed by atoms with Crippen molar-refractivity contribution in [3.8, 4) is 0 Å². The maximum atomic E-state index is 11.5. The van der Waals surface area contributed by atoms with Gasteiger partial charge >= 0.3 is 0 Å². The van der Waals surface area contributed by atoms with E-state index in [2.05, 4.69) is 14.9 Å². The average Bonchev–Trinajstić information content (AvgIpc) is 2.43. The van der Waals surface area contributed by atoms with Crippen molar-refractivity contribution in [1.29, 1.82) is 0 Å². The zero-order chi connectivity index (χ0) is 15.0. The van der Waals surface area contributed by atoms with Crippen LogP contribution in [0.5, 0.6) is 0 Å². The standard InChI is InChI=1S/C13H21N5O2S.2ClH/c1-21(19,20)18-4-2-17(3-5-18)13-8-12(15-9-16-13)10-6-11(14)7-10;;/h8-11H,2-7,14H2,1H3;2*1H. The second-order valence-corrected chi connectivity index (χ2v) is 7.86. The highest BCUT2D eigenvalue weighted by atomic mass is 35.5. The van der Waals surface area contributed by atoms with Gasteiger partial charge in [-0.15, -0.1) is 24.8 Å². The third-order valence-electron chi connectivity index (χ3n) is 4.30. The smallest absolute Gasteiger partial charge is 0.211 e. The van der Waals surface area contributed by atoms with Gasteiger partial charge in [0.2, 0.25) is 10.0 Å². The van der Waals surface area contributed by atoms with Crippen LogP contribution in [-0.2, 0) is 10.0 Å². The Kier molecular flexibility index (Phi) is 7.03. The number of halogens is 2. The lowest BCUT2D eigenvalue weighted by Gasteiger charge is -2.35. The molecule has 0 aromatic carbocycles. The maximum absolute atomic E-state index is 11.5. The Morgan fingerprint density at radius 3 is 2.26 bits per heavy atom. The van der Waals surface area contributed by atoms with Gasteiger partial charge in [-0.25, -0.2) is 18.4 Å². The van der Waals surface area contributed by atoms with Gasteiger partial charge in [-0.3, -0.25) is 0 Å². The molecule has 1 saturated heterocycles. The lowest BCUT2D eigenvalue weighted by Crippen LogP contribution is -2.48. The minimum Gasteiger partial charge on any atom is -0.354 e. The number of anilines is 1. The van der Waals surface area contributed by atoms with Crippen molar-refractivity contribution >= 4 is 40.7 Å². The zero-order valence-electron chi connectivity index (χ0n) is 13.0. The van der Waals surface area contributed by atoms with Gasteiger partial charge in [0.25, 0.3) is 0 Å². The highest BCUT2D eigenvalue weighted by Gasteiger charge is 2.29. The monoisotopic (exact) mass is 383 g/mol. The predicted molar refractivity (Wildman–Crippen MR) is 95.1 cm³/mol. The fourth-order valence-electron chi connectivity index (χ4n) is 2.91. The van der Waals surface area contributed by atoms with Crippen molar-refractivity contribution in [2.45, 2.75) is 24.8 Å². The molecule has 3 rings (SSSR count). The number of aromatic nitrogens is 2. The summed E-state index contributed by atoms with van der Waals surface area (Å²) in [4.78, 5) is 10.8. The number of hydrogen-bond donors (Lipinski definition) is 1. The van der Waals surface area contributed by atoms with Gasteiger partial charge < -0.3 is 10.6 Å². The number of piperazine rings is 1. The third-order valence-corrected chi connectivity index (χ3v) is 5.60. The summed E-state index contributed by atoms with van der Waals surface area (Å²) >= 11 is 0. The number of hydrogen-bond acceptors (Lipinski definition) is 6. The van der Waals surface area contributed by atoms with E-state index < -0.39 is 10.0 Å². The van der Waals surface area contributed by atoms with Gasteiger partial charge in [0.1, 0.15) is 12.1 Å². The summed E-state index contributed by atoms with van der Waals surface area (Å²) in [5, 5.41) is 0. The van der Waals surface area contributed by atoms with Gasteiger partial charge in [0, 0.05) is 49.9 Å². The van der Waals surface area contributed by atoms with E-state index in [-0.39, 0.29) is 24.8 Å². The van der Waals surface area contributed by atoms with E-state index in [1.54, 1.807) is 6.33 Å². The van der Waals surface area contributed by atoms with Crippen LogP contribution in [0.25, 0.3) is 0 Å². The highest BCUT2D eigenvalue weighted by molar-refractivity contribution is 7.88. The summed E-state index contributed by atoms with van der Waals surface area (Å²) < 4.78 is 24.6. The van der Waals surface area contributed by atoms with Crippen molar-refractivity contribution < 1.29 is 8.42 Å². The number of rotatable bonds is 3. The molecule has 10 heteroatoms. The van der Waals surface area contributed by atoms with E-state index in [4.69, 9.17) is 5.73 Å². The zero-order valence-corrected chi connectivity index (χ0v) is 15.4. The van der Waals surface area contributed by atoms with E-state index in [9.17, 15) is 8.42 Å². The van der Waals surface area contributed by atoms with Crippen molar-refractivity contribution in [2.24, 2.45) is 5.73 Å². The van der Waals surface area contributed by atoms with Crippen molar-refractivity contribution in [3.05, 3.63) is 18.1 Å². The minimum atomic E-state index is -3.09. The molecule has 2 N–H and O–H groups in total. The van der Waals surface area contributed by atoms with Crippen LogP contribution in [0.4, 0.5) is 5.82 Å². The van der Waals surface area contributed by atoms with Crippen LogP contribution in [0.1, 0.15) is 24.5 Å². The molecule has 0 bridgehead atoms. The first-order valence-corrected chi connectivity index (χ1v) is 9.06. The van der Waals surface area contributed by atoms with Gasteiger partial charge in [0.15, 0.2) is 0 Å². The van der Waals surface area contributed by atoms with Gasteiger partial charge in [-0.05, 0) is 12.8 Å². The molecular formula is C13H23Cl2N5O2S. The topological polar surface area (TPSA) is 92.4 Å². The summed E-state index contributed by atoms with van der Waals surface area (Å²) in [6.07, 6.45) is 4.82. The summed E-state index contributed by atoms with van der Waals surface area (Å²) in [7, 11) is -3.09. The SMILES string of the molecule is CS(=O)(=O)N1CCN(c2cc(C3CC(N)C3)ncn2)CC1.Cl.Cl. The largest absolute Gasteiger partial charge is 0.354 e. The van der Waals surface area contributed by atoms with Crippen LogP contribution in [0.15, 0.2) is 12.4 Å². The van der Waals surface area contributed by atoms with Crippen molar-refractivity contribution in [2.75, 3.05) is 37.3 Å². The van der Waals surface area contributed by atoms with Gasteiger partial charge in [-0.2, -0.15) is 4.31 Å². The normalized spacial score (nSPS) is 25.0. The Morgan fingerprint density at radius 2 is 1.74 bits per heavy atom. The van der Waals surface area contributed by atoms with Crippen LogP contribution in [-0.4, -0.2) is 61.2 Å².